The molecular weight excluding hydrogens is 297 g/mol. The predicted octanol–water partition coefficient (Wildman–Crippen LogP) is 5.12. The van der Waals surface area contributed by atoms with E-state index in [0.29, 0.717) is 0 Å². The molecule has 1 atom stereocenters. The molecule has 0 saturated carbocycles. The van der Waals surface area contributed by atoms with E-state index in [9.17, 15) is 13.2 Å². The van der Waals surface area contributed by atoms with Gasteiger partial charge in [-0.25, -0.2) is 0 Å². The van der Waals surface area contributed by atoms with E-state index in [1.165, 1.54) is 23.5 Å². The maximum absolute atomic E-state index is 13.1. The van der Waals surface area contributed by atoms with Crippen molar-refractivity contribution in [1.29, 1.82) is 5.26 Å². The Balaban J connectivity index is 2.33. The van der Waals surface area contributed by atoms with Crippen molar-refractivity contribution in [2.75, 3.05) is 5.32 Å². The molecule has 0 spiro atoms. The van der Waals surface area contributed by atoms with Gasteiger partial charge in [0.25, 0.3) is 0 Å². The third kappa shape index (κ3) is 3.56. The number of rotatable bonds is 3. The molecule has 0 amide bonds. The lowest BCUT2D eigenvalue weighted by molar-refractivity contribution is -0.137. The maximum atomic E-state index is 13.1. The standard InChI is InChI=1S/C15H13F3N2S/c1-9-3-6-14(21-9)10(2)20-13-5-4-11(8-19)7-12(13)15(16,17)18/h3-7,10,20H,1-2H3. The Bertz CT molecular complexity index is 683. The zero-order valence-corrected chi connectivity index (χ0v) is 12.3. The highest BCUT2D eigenvalue weighted by Gasteiger charge is 2.34. The molecule has 0 saturated heterocycles. The number of anilines is 1. The molecule has 1 heterocycles. The van der Waals surface area contributed by atoms with Crippen LogP contribution in [0.3, 0.4) is 0 Å². The number of hydrogen-bond donors (Lipinski definition) is 1. The summed E-state index contributed by atoms with van der Waals surface area (Å²) in [6.45, 7) is 3.76. The highest BCUT2D eigenvalue weighted by molar-refractivity contribution is 7.12. The van der Waals surface area contributed by atoms with Crippen LogP contribution in [0.4, 0.5) is 18.9 Å². The molecule has 6 heteroatoms. The number of hydrogen-bond acceptors (Lipinski definition) is 3. The zero-order valence-electron chi connectivity index (χ0n) is 11.5. The summed E-state index contributed by atoms with van der Waals surface area (Å²) in [6, 6.07) is 8.87. The van der Waals surface area contributed by atoms with Crippen molar-refractivity contribution in [3.63, 3.8) is 0 Å². The van der Waals surface area contributed by atoms with Gasteiger partial charge in [-0.2, -0.15) is 18.4 Å². The van der Waals surface area contributed by atoms with Crippen molar-refractivity contribution in [2.45, 2.75) is 26.1 Å². The van der Waals surface area contributed by atoms with Gasteiger partial charge in [-0.1, -0.05) is 0 Å². The van der Waals surface area contributed by atoms with Gasteiger partial charge in [-0.3, -0.25) is 0 Å². The number of thiophene rings is 1. The van der Waals surface area contributed by atoms with Crippen LogP contribution in [0, 0.1) is 18.3 Å². The van der Waals surface area contributed by atoms with Crippen LogP contribution in [0.15, 0.2) is 30.3 Å². The summed E-state index contributed by atoms with van der Waals surface area (Å²) in [4.78, 5) is 2.07. The quantitative estimate of drug-likeness (QED) is 0.854. The van der Waals surface area contributed by atoms with E-state index < -0.39 is 11.7 Å². The second kappa shape index (κ2) is 5.78. The van der Waals surface area contributed by atoms with Crippen LogP contribution in [-0.2, 0) is 6.18 Å². The molecule has 0 aliphatic rings. The average molecular weight is 310 g/mol. The lowest BCUT2D eigenvalue weighted by atomic mass is 10.1. The lowest BCUT2D eigenvalue weighted by Crippen LogP contribution is -2.13. The first-order valence-electron chi connectivity index (χ1n) is 6.25. The van der Waals surface area contributed by atoms with Crippen molar-refractivity contribution in [2.24, 2.45) is 0 Å². The van der Waals surface area contributed by atoms with E-state index in [-0.39, 0.29) is 17.3 Å². The topological polar surface area (TPSA) is 35.8 Å². The van der Waals surface area contributed by atoms with E-state index in [1.807, 2.05) is 26.0 Å². The maximum Gasteiger partial charge on any atom is 0.418 e. The summed E-state index contributed by atoms with van der Waals surface area (Å²) in [6.07, 6.45) is -4.50. The Labute approximate surface area is 124 Å². The highest BCUT2D eigenvalue weighted by Crippen LogP contribution is 2.37. The van der Waals surface area contributed by atoms with Crippen molar-refractivity contribution in [1.82, 2.24) is 0 Å². The summed E-state index contributed by atoms with van der Waals surface area (Å²) < 4.78 is 39.2. The van der Waals surface area contributed by atoms with E-state index in [2.05, 4.69) is 5.32 Å². The molecule has 110 valence electrons. The number of halogens is 3. The second-order valence-corrected chi connectivity index (χ2v) is 6.00. The minimum absolute atomic E-state index is 0.00695. The minimum Gasteiger partial charge on any atom is -0.377 e. The summed E-state index contributed by atoms with van der Waals surface area (Å²) in [5, 5.41) is 11.6. The molecule has 1 aromatic carbocycles. The van der Waals surface area contributed by atoms with Crippen molar-refractivity contribution in [3.05, 3.63) is 51.2 Å². The van der Waals surface area contributed by atoms with Crippen LogP contribution in [-0.4, -0.2) is 0 Å². The number of nitrogens with one attached hydrogen (secondary N) is 1. The SMILES string of the molecule is Cc1ccc(C(C)Nc2ccc(C#N)cc2C(F)(F)F)s1. The first-order valence-corrected chi connectivity index (χ1v) is 7.07. The number of benzene rings is 1. The molecule has 0 radical (unpaired) electrons. The molecule has 1 N–H and O–H groups in total. The predicted molar refractivity (Wildman–Crippen MR) is 77.3 cm³/mol. The van der Waals surface area contributed by atoms with Crippen LogP contribution >= 0.6 is 11.3 Å². The third-order valence-electron chi connectivity index (χ3n) is 3.01. The van der Waals surface area contributed by atoms with Crippen LogP contribution in [0.2, 0.25) is 0 Å². The Hall–Kier alpha value is -2.00. The fourth-order valence-electron chi connectivity index (χ4n) is 1.96. The largest absolute Gasteiger partial charge is 0.418 e. The Morgan fingerprint density at radius 2 is 1.95 bits per heavy atom. The van der Waals surface area contributed by atoms with E-state index in [1.54, 1.807) is 6.07 Å². The summed E-state index contributed by atoms with van der Waals surface area (Å²) in [5.41, 5.74) is -0.839. The van der Waals surface area contributed by atoms with E-state index in [4.69, 9.17) is 5.26 Å². The van der Waals surface area contributed by atoms with Crippen LogP contribution < -0.4 is 5.32 Å². The van der Waals surface area contributed by atoms with E-state index >= 15 is 0 Å². The summed E-state index contributed by atoms with van der Waals surface area (Å²) in [7, 11) is 0. The van der Waals surface area contributed by atoms with Crippen molar-refractivity contribution in [3.8, 4) is 6.07 Å². The Kier molecular flexibility index (Phi) is 4.24. The molecule has 1 aromatic heterocycles. The van der Waals surface area contributed by atoms with Gasteiger partial charge >= 0.3 is 6.18 Å². The molecule has 1 unspecified atom stereocenters. The molecule has 2 rings (SSSR count). The van der Waals surface area contributed by atoms with Gasteiger partial charge in [0.05, 0.1) is 23.2 Å². The molecule has 0 fully saturated rings. The van der Waals surface area contributed by atoms with Gasteiger partial charge in [0.2, 0.25) is 0 Å². The van der Waals surface area contributed by atoms with Crippen molar-refractivity contribution >= 4 is 17.0 Å². The Morgan fingerprint density at radius 1 is 1.24 bits per heavy atom. The first-order chi connectivity index (χ1) is 9.81. The number of nitriles is 1. The molecule has 0 aliphatic carbocycles. The fourth-order valence-corrected chi connectivity index (χ4v) is 2.84. The fraction of sp³-hybridized carbons (Fsp3) is 0.267. The van der Waals surface area contributed by atoms with Crippen LogP contribution in [0.25, 0.3) is 0 Å². The Morgan fingerprint density at radius 3 is 2.48 bits per heavy atom. The van der Waals surface area contributed by atoms with Crippen LogP contribution in [0.1, 0.15) is 33.8 Å². The summed E-state index contributed by atoms with van der Waals surface area (Å²) >= 11 is 1.54. The van der Waals surface area contributed by atoms with Gasteiger partial charge in [0.1, 0.15) is 0 Å². The lowest BCUT2D eigenvalue weighted by Gasteiger charge is -2.19. The molecule has 21 heavy (non-hydrogen) atoms. The number of alkyl halides is 3. The van der Waals surface area contributed by atoms with Gasteiger partial charge < -0.3 is 5.32 Å². The van der Waals surface area contributed by atoms with Gasteiger partial charge in [-0.05, 0) is 44.2 Å². The average Bonchev–Trinajstić information content (AvgIpc) is 2.84. The molecular formula is C15H13F3N2S. The normalized spacial score (nSPS) is 12.8. The third-order valence-corrected chi connectivity index (χ3v) is 4.20. The smallest absolute Gasteiger partial charge is 0.377 e. The molecule has 2 aromatic rings. The monoisotopic (exact) mass is 310 g/mol. The first kappa shape index (κ1) is 15.4. The van der Waals surface area contributed by atoms with Crippen LogP contribution in [0.5, 0.6) is 0 Å². The van der Waals surface area contributed by atoms with Gasteiger partial charge in [-0.15, -0.1) is 11.3 Å². The zero-order chi connectivity index (χ0) is 15.6. The molecule has 0 aliphatic heterocycles. The van der Waals surface area contributed by atoms with Crippen molar-refractivity contribution < 1.29 is 13.2 Å². The highest BCUT2D eigenvalue weighted by atomic mass is 32.1. The van der Waals surface area contributed by atoms with Gasteiger partial charge in [0, 0.05) is 15.4 Å². The molecule has 2 nitrogen and oxygen atoms in total. The number of aryl methyl sites for hydroxylation is 1. The second-order valence-electron chi connectivity index (χ2n) is 4.68. The summed E-state index contributed by atoms with van der Waals surface area (Å²) in [5.74, 6) is 0. The number of nitrogens with zero attached hydrogens (tertiary/aromatic N) is 1. The van der Waals surface area contributed by atoms with Gasteiger partial charge in [0.15, 0.2) is 0 Å². The minimum atomic E-state index is -4.50. The molecule has 0 bridgehead atoms. The van der Waals surface area contributed by atoms with E-state index in [0.717, 1.165) is 15.8 Å².